The summed E-state index contributed by atoms with van der Waals surface area (Å²) in [6.45, 7) is 2.22. The summed E-state index contributed by atoms with van der Waals surface area (Å²) in [4.78, 5) is 11.7. The number of hydrogen-bond acceptors (Lipinski definition) is 1. The van der Waals surface area contributed by atoms with Gasteiger partial charge in [0.1, 0.15) is 0 Å². The molecule has 0 bridgehead atoms. The third-order valence-electron chi connectivity index (χ3n) is 4.19. The molecule has 2 nitrogen and oxygen atoms in total. The fourth-order valence-corrected chi connectivity index (χ4v) is 3.53. The van der Waals surface area contributed by atoms with Gasteiger partial charge < -0.3 is 5.73 Å². The Morgan fingerprint density at radius 2 is 1.38 bits per heavy atom. The quantitative estimate of drug-likeness (QED) is 0.765. The minimum Gasteiger partial charge on any atom is -0.366 e. The average Bonchev–Trinajstić information content (AvgIpc) is 2.84. The molecule has 0 saturated heterocycles. The Kier molecular flexibility index (Phi) is 2.06. The first kappa shape index (κ1) is 9.88. The molecule has 0 atom stereocenters. The van der Waals surface area contributed by atoms with Crippen molar-refractivity contribution in [2.24, 2.45) is 5.73 Å². The third-order valence-corrected chi connectivity index (χ3v) is 4.19. The van der Waals surface area contributed by atoms with Crippen LogP contribution in [0.2, 0.25) is 0 Å². The van der Waals surface area contributed by atoms with Crippen molar-refractivity contribution in [3.63, 3.8) is 0 Å². The van der Waals surface area contributed by atoms with E-state index in [1.165, 1.54) is 40.7 Å². The van der Waals surface area contributed by atoms with Gasteiger partial charge in [-0.3, -0.25) is 4.79 Å². The van der Waals surface area contributed by atoms with Gasteiger partial charge in [-0.05, 0) is 73.3 Å². The normalized spacial score (nSPS) is 17.3. The number of benzene rings is 1. The van der Waals surface area contributed by atoms with E-state index in [1.807, 2.05) is 0 Å². The van der Waals surface area contributed by atoms with E-state index in [0.29, 0.717) is 0 Å². The van der Waals surface area contributed by atoms with E-state index in [4.69, 9.17) is 5.73 Å². The van der Waals surface area contributed by atoms with Gasteiger partial charge in [0.25, 0.3) is 0 Å². The van der Waals surface area contributed by atoms with E-state index in [-0.39, 0.29) is 5.91 Å². The third kappa shape index (κ3) is 1.16. The maximum Gasteiger partial charge on any atom is 0.249 e. The minimum absolute atomic E-state index is 0.212. The minimum atomic E-state index is -0.212. The van der Waals surface area contributed by atoms with Gasteiger partial charge in [-0.2, -0.15) is 0 Å². The zero-order valence-electron chi connectivity index (χ0n) is 9.73. The first-order valence-corrected chi connectivity index (χ1v) is 6.16. The van der Waals surface area contributed by atoms with Crippen LogP contribution in [0.5, 0.6) is 0 Å². The first-order valence-electron chi connectivity index (χ1n) is 6.16. The predicted octanol–water partition coefficient (Wildman–Crippen LogP) is 2.07. The molecule has 84 valence electrons. The topological polar surface area (TPSA) is 43.1 Å². The summed E-state index contributed by atoms with van der Waals surface area (Å²) < 4.78 is 0. The van der Waals surface area contributed by atoms with Crippen molar-refractivity contribution >= 4 is 5.91 Å². The second-order valence-corrected chi connectivity index (χ2v) is 4.99. The maximum atomic E-state index is 11.7. The molecule has 3 rings (SSSR count). The zero-order valence-corrected chi connectivity index (χ0v) is 9.73. The van der Waals surface area contributed by atoms with E-state index >= 15 is 0 Å². The Labute approximate surface area is 95.8 Å². The lowest BCUT2D eigenvalue weighted by molar-refractivity contribution is 0.0998. The van der Waals surface area contributed by atoms with Crippen LogP contribution in [0.1, 0.15) is 51.0 Å². The fraction of sp³-hybridized carbons (Fsp3) is 0.500. The number of carbonyl (C=O) groups excluding carboxylic acids is 1. The van der Waals surface area contributed by atoms with E-state index < -0.39 is 0 Å². The Bertz CT molecular complexity index is 453. The Balaban J connectivity index is 2.36. The predicted molar refractivity (Wildman–Crippen MR) is 63.7 cm³/mol. The second-order valence-electron chi connectivity index (χ2n) is 4.99. The van der Waals surface area contributed by atoms with Gasteiger partial charge in [0, 0.05) is 5.56 Å². The smallest absolute Gasteiger partial charge is 0.249 e. The average molecular weight is 215 g/mol. The van der Waals surface area contributed by atoms with Gasteiger partial charge in [0.05, 0.1) is 0 Å². The summed E-state index contributed by atoms with van der Waals surface area (Å²) in [5.41, 5.74) is 13.3. The van der Waals surface area contributed by atoms with Crippen LogP contribution >= 0.6 is 0 Å². The van der Waals surface area contributed by atoms with Gasteiger partial charge in [0.2, 0.25) is 5.91 Å². The molecule has 0 spiro atoms. The monoisotopic (exact) mass is 215 g/mol. The molecule has 2 N–H and O–H groups in total. The molecule has 0 saturated carbocycles. The summed E-state index contributed by atoms with van der Waals surface area (Å²) in [6.07, 6.45) is 6.71. The van der Waals surface area contributed by atoms with Crippen LogP contribution in [0.3, 0.4) is 0 Å². The van der Waals surface area contributed by atoms with E-state index in [9.17, 15) is 4.79 Å². The Hall–Kier alpha value is -1.31. The van der Waals surface area contributed by atoms with Crippen molar-refractivity contribution in [3.8, 4) is 0 Å². The highest BCUT2D eigenvalue weighted by Crippen LogP contribution is 2.37. The lowest BCUT2D eigenvalue weighted by Crippen LogP contribution is -2.17. The van der Waals surface area contributed by atoms with Crippen LogP contribution in [0.25, 0.3) is 0 Å². The first-order chi connectivity index (χ1) is 7.70. The number of primary amides is 1. The largest absolute Gasteiger partial charge is 0.366 e. The Morgan fingerprint density at radius 3 is 1.81 bits per heavy atom. The van der Waals surface area contributed by atoms with Gasteiger partial charge in [0.15, 0.2) is 0 Å². The standard InChI is InChI=1S/C14H17NO/c1-8-9-4-2-6-11(9)13(14(15)16)12-7-3-5-10(8)12/h2-7H2,1H3,(H2,15,16). The molecule has 0 unspecified atom stereocenters. The summed E-state index contributed by atoms with van der Waals surface area (Å²) in [5.74, 6) is -0.212. The number of nitrogens with two attached hydrogens (primary N) is 1. The lowest BCUT2D eigenvalue weighted by Gasteiger charge is -2.15. The molecular formula is C14H17NO. The van der Waals surface area contributed by atoms with E-state index in [2.05, 4.69) is 6.92 Å². The zero-order chi connectivity index (χ0) is 11.3. The molecule has 0 heterocycles. The molecule has 0 fully saturated rings. The summed E-state index contributed by atoms with van der Waals surface area (Å²) in [6, 6.07) is 0. The lowest BCUT2D eigenvalue weighted by atomic mass is 9.89. The van der Waals surface area contributed by atoms with Gasteiger partial charge in [-0.25, -0.2) is 0 Å². The summed E-state index contributed by atoms with van der Waals surface area (Å²) in [7, 11) is 0. The van der Waals surface area contributed by atoms with Crippen molar-refractivity contribution < 1.29 is 4.79 Å². The van der Waals surface area contributed by atoms with Crippen LogP contribution in [0.4, 0.5) is 0 Å². The van der Waals surface area contributed by atoms with Crippen molar-refractivity contribution in [2.75, 3.05) is 0 Å². The molecule has 1 aromatic rings. The van der Waals surface area contributed by atoms with Crippen LogP contribution in [0.15, 0.2) is 0 Å². The molecule has 2 aliphatic carbocycles. The number of hydrogen-bond donors (Lipinski definition) is 1. The maximum absolute atomic E-state index is 11.7. The second kappa shape index (κ2) is 3.34. The summed E-state index contributed by atoms with van der Waals surface area (Å²) in [5, 5.41) is 0. The summed E-state index contributed by atoms with van der Waals surface area (Å²) >= 11 is 0. The number of rotatable bonds is 1. The van der Waals surface area contributed by atoms with Crippen molar-refractivity contribution in [1.82, 2.24) is 0 Å². The van der Waals surface area contributed by atoms with Crippen LogP contribution in [-0.2, 0) is 25.7 Å². The molecule has 0 radical (unpaired) electrons. The molecule has 1 amide bonds. The van der Waals surface area contributed by atoms with Crippen molar-refractivity contribution in [3.05, 3.63) is 33.4 Å². The number of fused-ring (bicyclic) bond motifs is 2. The molecule has 2 aliphatic rings. The highest BCUT2D eigenvalue weighted by Gasteiger charge is 2.28. The van der Waals surface area contributed by atoms with E-state index in [1.54, 1.807) is 0 Å². The van der Waals surface area contributed by atoms with Crippen molar-refractivity contribution in [1.29, 1.82) is 0 Å². The molecule has 16 heavy (non-hydrogen) atoms. The highest BCUT2D eigenvalue weighted by molar-refractivity contribution is 5.97. The fourth-order valence-electron chi connectivity index (χ4n) is 3.53. The number of carbonyl (C=O) groups is 1. The van der Waals surface area contributed by atoms with Crippen LogP contribution < -0.4 is 5.73 Å². The van der Waals surface area contributed by atoms with E-state index in [0.717, 1.165) is 31.2 Å². The van der Waals surface area contributed by atoms with Gasteiger partial charge in [-0.1, -0.05) is 0 Å². The van der Waals surface area contributed by atoms with Crippen LogP contribution in [0, 0.1) is 6.92 Å². The Morgan fingerprint density at radius 1 is 0.938 bits per heavy atom. The molecule has 0 aliphatic heterocycles. The molecule has 0 aromatic heterocycles. The van der Waals surface area contributed by atoms with Crippen molar-refractivity contribution in [2.45, 2.75) is 45.4 Å². The van der Waals surface area contributed by atoms with Crippen LogP contribution in [-0.4, -0.2) is 5.91 Å². The van der Waals surface area contributed by atoms with Gasteiger partial charge >= 0.3 is 0 Å². The number of amides is 1. The molecule has 1 aromatic carbocycles. The SMILES string of the molecule is Cc1c2c(c(C(N)=O)c3c1CCC3)CCC2. The molecular weight excluding hydrogens is 198 g/mol. The highest BCUT2D eigenvalue weighted by atomic mass is 16.1. The molecule has 2 heteroatoms. The van der Waals surface area contributed by atoms with Gasteiger partial charge in [-0.15, -0.1) is 0 Å².